The number of benzene rings is 1. The Hall–Kier alpha value is -2.25. The van der Waals surface area contributed by atoms with Gasteiger partial charge in [-0.1, -0.05) is 25.5 Å². The Kier molecular flexibility index (Phi) is 11.4. The third kappa shape index (κ3) is 9.41. The zero-order chi connectivity index (χ0) is 29.5. The number of fused-ring (bicyclic) bond motifs is 1. The molecule has 2 aliphatic rings. The second kappa shape index (κ2) is 14.1. The summed E-state index contributed by atoms with van der Waals surface area (Å²) in [5.41, 5.74) is 1.95. The number of unbranched alkanes of at least 4 members (excludes halogenated alkanes) is 1. The highest BCUT2D eigenvalue weighted by molar-refractivity contribution is 7.88. The number of amides is 1. The standard InChI is InChI=1S/C28H46N4O7S/c1-6-7-14-31(39-16-8-15-32(2,3)4)26(33)20-30-19-23(21-9-10-25-22(18-21)12-17-38-25)27(28(34)35)24(30)11-13-29-40(5,36)37/h9-10,18,23-24,27,29H,6-8,11-17,19-20H2,1-5H3/p+1/t23-,24+,27-/m1/s1. The van der Waals surface area contributed by atoms with E-state index in [1.807, 2.05) is 23.1 Å². The van der Waals surface area contributed by atoms with Crippen molar-refractivity contribution in [3.63, 3.8) is 0 Å². The lowest BCUT2D eigenvalue weighted by Gasteiger charge is -2.29. The topological polar surface area (TPSA) is 125 Å². The normalized spacial score (nSPS) is 21.3. The summed E-state index contributed by atoms with van der Waals surface area (Å²) in [6.45, 7) is 4.90. The van der Waals surface area contributed by atoms with Crippen molar-refractivity contribution >= 4 is 21.9 Å². The molecule has 1 fully saturated rings. The van der Waals surface area contributed by atoms with Crippen molar-refractivity contribution in [2.45, 2.75) is 51.0 Å². The van der Waals surface area contributed by atoms with Gasteiger partial charge in [0.15, 0.2) is 0 Å². The van der Waals surface area contributed by atoms with Gasteiger partial charge in [-0.2, -0.15) is 0 Å². The van der Waals surface area contributed by atoms with E-state index in [1.165, 1.54) is 5.06 Å². The van der Waals surface area contributed by atoms with Crippen LogP contribution in [0.4, 0.5) is 0 Å². The molecule has 0 radical (unpaired) electrons. The third-order valence-corrected chi connectivity index (χ3v) is 8.26. The van der Waals surface area contributed by atoms with Gasteiger partial charge in [-0.05, 0) is 30.0 Å². The molecule has 1 amide bonds. The van der Waals surface area contributed by atoms with Gasteiger partial charge in [0.1, 0.15) is 5.75 Å². The lowest BCUT2D eigenvalue weighted by Crippen LogP contribution is -2.45. The van der Waals surface area contributed by atoms with Crippen molar-refractivity contribution in [3.05, 3.63) is 29.3 Å². The fourth-order valence-corrected chi connectivity index (χ4v) is 6.04. The zero-order valence-corrected chi connectivity index (χ0v) is 25.4. The van der Waals surface area contributed by atoms with Crippen LogP contribution < -0.4 is 9.46 Å². The van der Waals surface area contributed by atoms with Crippen LogP contribution in [0.3, 0.4) is 0 Å². The van der Waals surface area contributed by atoms with Gasteiger partial charge in [-0.15, -0.1) is 0 Å². The highest BCUT2D eigenvalue weighted by atomic mass is 32.2. The van der Waals surface area contributed by atoms with E-state index in [0.717, 1.165) is 59.8 Å². The second-order valence-electron chi connectivity index (χ2n) is 11.9. The number of ether oxygens (including phenoxy) is 1. The van der Waals surface area contributed by atoms with Crippen LogP contribution in [0, 0.1) is 5.92 Å². The number of quaternary nitrogens is 1. The number of likely N-dealkylation sites (tertiary alicyclic amines) is 1. The SMILES string of the molecule is CCCCN(OCCC[N+](C)(C)C)C(=O)CN1C[C@H](c2ccc3c(c2)CCO3)[C@@H](C(=O)O)[C@@H]1CCNS(C)(=O)=O. The van der Waals surface area contributed by atoms with Gasteiger partial charge in [0.25, 0.3) is 5.91 Å². The van der Waals surface area contributed by atoms with Gasteiger partial charge >= 0.3 is 5.97 Å². The van der Waals surface area contributed by atoms with Gasteiger partial charge in [0.2, 0.25) is 10.0 Å². The summed E-state index contributed by atoms with van der Waals surface area (Å²) in [5.74, 6) is -1.51. The van der Waals surface area contributed by atoms with E-state index < -0.39 is 28.0 Å². The number of carbonyl (C=O) groups excluding carboxylic acids is 1. The predicted molar refractivity (Wildman–Crippen MR) is 152 cm³/mol. The number of nitrogens with zero attached hydrogens (tertiary/aromatic N) is 3. The summed E-state index contributed by atoms with van der Waals surface area (Å²) < 4.78 is 32.4. The number of sulfonamides is 1. The molecular weight excluding hydrogens is 536 g/mol. The minimum atomic E-state index is -3.44. The molecule has 0 aliphatic carbocycles. The lowest BCUT2D eigenvalue weighted by molar-refractivity contribution is -0.870. The molecular formula is C28H47N4O7S+. The first-order chi connectivity index (χ1) is 18.8. The fraction of sp³-hybridized carbons (Fsp3) is 0.714. The summed E-state index contributed by atoms with van der Waals surface area (Å²) in [5, 5.41) is 11.8. The van der Waals surface area contributed by atoms with Gasteiger partial charge in [-0.25, -0.2) is 18.2 Å². The van der Waals surface area contributed by atoms with Crippen LogP contribution in [0.2, 0.25) is 0 Å². The van der Waals surface area contributed by atoms with Crippen LogP contribution >= 0.6 is 0 Å². The first-order valence-corrected chi connectivity index (χ1v) is 16.1. The van der Waals surface area contributed by atoms with E-state index in [4.69, 9.17) is 9.57 Å². The summed E-state index contributed by atoms with van der Waals surface area (Å²) in [4.78, 5) is 34.0. The van der Waals surface area contributed by atoms with Crippen LogP contribution in [0.1, 0.15) is 49.7 Å². The van der Waals surface area contributed by atoms with Crippen LogP contribution in [-0.2, 0) is 30.9 Å². The Labute approximate surface area is 239 Å². The Morgan fingerprint density at radius 1 is 1.25 bits per heavy atom. The predicted octanol–water partition coefficient (Wildman–Crippen LogP) is 1.69. The lowest BCUT2D eigenvalue weighted by atomic mass is 9.83. The highest BCUT2D eigenvalue weighted by Gasteiger charge is 2.47. The minimum absolute atomic E-state index is 0.00305. The number of carboxylic acid groups (broad SMARTS) is 1. The molecule has 0 bridgehead atoms. The summed E-state index contributed by atoms with van der Waals surface area (Å²) in [6.07, 6.45) is 4.61. The van der Waals surface area contributed by atoms with Crippen molar-refractivity contribution < 1.29 is 37.2 Å². The van der Waals surface area contributed by atoms with Crippen molar-refractivity contribution in [2.75, 3.05) is 73.3 Å². The van der Waals surface area contributed by atoms with Gasteiger partial charge in [-0.3, -0.25) is 19.3 Å². The molecule has 3 atom stereocenters. The van der Waals surface area contributed by atoms with Crippen LogP contribution in [0.5, 0.6) is 5.75 Å². The summed E-state index contributed by atoms with van der Waals surface area (Å²) >= 11 is 0. The molecule has 1 aromatic carbocycles. The number of hydroxylamine groups is 2. The average Bonchev–Trinajstić information content (AvgIpc) is 3.46. The van der Waals surface area contributed by atoms with Crippen molar-refractivity contribution in [1.82, 2.24) is 14.7 Å². The average molecular weight is 584 g/mol. The van der Waals surface area contributed by atoms with Crippen LogP contribution in [-0.4, -0.2) is 119 Å². The van der Waals surface area contributed by atoms with E-state index in [0.29, 0.717) is 26.3 Å². The molecule has 0 unspecified atom stereocenters. The zero-order valence-electron chi connectivity index (χ0n) is 24.6. The van der Waals surface area contributed by atoms with E-state index in [1.54, 1.807) is 0 Å². The number of carboxylic acids is 1. The smallest absolute Gasteiger partial charge is 0.308 e. The highest BCUT2D eigenvalue weighted by Crippen LogP contribution is 2.41. The molecule has 1 aromatic rings. The van der Waals surface area contributed by atoms with E-state index in [9.17, 15) is 23.1 Å². The molecule has 2 aliphatic heterocycles. The molecule has 0 saturated carbocycles. The number of hydrogen-bond donors (Lipinski definition) is 2. The van der Waals surface area contributed by atoms with Gasteiger partial charge in [0.05, 0.1) is 59.6 Å². The maximum Gasteiger partial charge on any atom is 0.308 e. The van der Waals surface area contributed by atoms with Crippen LogP contribution in [0.25, 0.3) is 0 Å². The molecule has 3 rings (SSSR count). The number of hydrogen-bond acceptors (Lipinski definition) is 7. The minimum Gasteiger partial charge on any atom is -0.493 e. The maximum absolute atomic E-state index is 13.5. The number of aliphatic carboxylic acids is 1. The van der Waals surface area contributed by atoms with Crippen molar-refractivity contribution in [3.8, 4) is 5.75 Å². The summed E-state index contributed by atoms with van der Waals surface area (Å²) in [6, 6.07) is 5.29. The quantitative estimate of drug-likeness (QED) is 0.171. The van der Waals surface area contributed by atoms with E-state index in [-0.39, 0.29) is 31.3 Å². The molecule has 12 heteroatoms. The Balaban J connectivity index is 1.80. The van der Waals surface area contributed by atoms with Gasteiger partial charge < -0.3 is 14.3 Å². The molecule has 40 heavy (non-hydrogen) atoms. The number of carbonyl (C=O) groups is 2. The largest absolute Gasteiger partial charge is 0.493 e. The van der Waals surface area contributed by atoms with Crippen LogP contribution in [0.15, 0.2) is 18.2 Å². The molecule has 11 nitrogen and oxygen atoms in total. The molecule has 0 spiro atoms. The second-order valence-corrected chi connectivity index (χ2v) is 13.8. The van der Waals surface area contributed by atoms with Gasteiger partial charge in [0, 0.05) is 44.4 Å². The maximum atomic E-state index is 13.5. The Bertz CT molecular complexity index is 1120. The van der Waals surface area contributed by atoms with Crippen molar-refractivity contribution in [2.24, 2.45) is 5.92 Å². The molecule has 2 heterocycles. The molecule has 0 aromatic heterocycles. The fourth-order valence-electron chi connectivity index (χ4n) is 5.55. The molecule has 2 N–H and O–H groups in total. The number of rotatable bonds is 16. The summed E-state index contributed by atoms with van der Waals surface area (Å²) in [7, 11) is 2.88. The molecule has 1 saturated heterocycles. The Morgan fingerprint density at radius 2 is 2.00 bits per heavy atom. The first kappa shape index (κ1) is 32.3. The van der Waals surface area contributed by atoms with E-state index >= 15 is 0 Å². The molecule has 226 valence electrons. The number of nitrogens with one attached hydrogen (secondary N) is 1. The van der Waals surface area contributed by atoms with Crippen molar-refractivity contribution in [1.29, 1.82) is 0 Å². The monoisotopic (exact) mass is 583 g/mol. The third-order valence-electron chi connectivity index (χ3n) is 7.53. The Morgan fingerprint density at radius 3 is 2.65 bits per heavy atom. The first-order valence-electron chi connectivity index (χ1n) is 14.2. The van der Waals surface area contributed by atoms with E-state index in [2.05, 4.69) is 32.8 Å².